The Hall–Kier alpha value is -2.75. The second-order valence-electron chi connectivity index (χ2n) is 5.30. The Labute approximate surface area is 130 Å². The summed E-state index contributed by atoms with van der Waals surface area (Å²) < 4.78 is 1.91. The van der Waals surface area contributed by atoms with Crippen LogP contribution in [0, 0.1) is 20.8 Å². The molecule has 0 radical (unpaired) electrons. The van der Waals surface area contributed by atoms with Crippen molar-refractivity contribution in [2.24, 2.45) is 10.2 Å². The molecule has 0 saturated carbocycles. The van der Waals surface area contributed by atoms with Crippen molar-refractivity contribution in [3.05, 3.63) is 71.5 Å². The fraction of sp³-hybridized carbons (Fsp3) is 0.167. The van der Waals surface area contributed by atoms with E-state index in [4.69, 9.17) is 0 Å². The number of aromatic nitrogens is 2. The molecular weight excluding hydrogens is 272 g/mol. The molecule has 0 aliphatic carbocycles. The topological polar surface area (TPSA) is 42.5 Å². The zero-order valence-corrected chi connectivity index (χ0v) is 13.0. The average Bonchev–Trinajstić information content (AvgIpc) is 2.82. The van der Waals surface area contributed by atoms with Crippen molar-refractivity contribution in [1.82, 2.24) is 9.78 Å². The predicted octanol–water partition coefficient (Wildman–Crippen LogP) is 5.21. The van der Waals surface area contributed by atoms with Gasteiger partial charge in [-0.3, -0.25) is 0 Å². The summed E-state index contributed by atoms with van der Waals surface area (Å²) in [5, 5.41) is 13.3. The minimum Gasteiger partial charge on any atom is -0.236 e. The number of rotatable bonds is 3. The van der Waals surface area contributed by atoms with Gasteiger partial charge < -0.3 is 0 Å². The van der Waals surface area contributed by atoms with E-state index >= 15 is 0 Å². The highest BCUT2D eigenvalue weighted by Gasteiger charge is 2.12. The molecule has 22 heavy (non-hydrogen) atoms. The summed E-state index contributed by atoms with van der Waals surface area (Å²) in [4.78, 5) is 0. The zero-order chi connectivity index (χ0) is 15.5. The van der Waals surface area contributed by atoms with Crippen LogP contribution in [0.15, 0.2) is 64.8 Å². The van der Waals surface area contributed by atoms with E-state index in [-0.39, 0.29) is 0 Å². The minimum absolute atomic E-state index is 0.824. The Bertz CT molecular complexity index is 799. The van der Waals surface area contributed by atoms with E-state index in [0.29, 0.717) is 0 Å². The van der Waals surface area contributed by atoms with E-state index < -0.39 is 0 Å². The summed E-state index contributed by atoms with van der Waals surface area (Å²) in [6, 6.07) is 18.0. The summed E-state index contributed by atoms with van der Waals surface area (Å²) in [7, 11) is 0. The number of hydrogen-bond donors (Lipinski definition) is 0. The van der Waals surface area contributed by atoms with Gasteiger partial charge >= 0.3 is 0 Å². The van der Waals surface area contributed by atoms with Crippen LogP contribution in [0.25, 0.3) is 5.69 Å². The van der Waals surface area contributed by atoms with E-state index in [2.05, 4.69) is 46.5 Å². The Balaban J connectivity index is 1.97. The van der Waals surface area contributed by atoms with Crippen LogP contribution in [-0.4, -0.2) is 9.78 Å². The molecule has 0 aliphatic heterocycles. The SMILES string of the molecule is Cc1ccc(-n2nc(C)c(N=Nc3ccccc3)c2C)cc1. The lowest BCUT2D eigenvalue weighted by Gasteiger charge is -2.04. The number of nitrogens with zero attached hydrogens (tertiary/aromatic N) is 4. The molecule has 0 bridgehead atoms. The molecule has 0 amide bonds. The van der Waals surface area contributed by atoms with E-state index in [1.54, 1.807) is 0 Å². The lowest BCUT2D eigenvalue weighted by Crippen LogP contribution is -1.98. The first-order valence-corrected chi connectivity index (χ1v) is 7.25. The van der Waals surface area contributed by atoms with Gasteiger partial charge in [0.2, 0.25) is 0 Å². The summed E-state index contributed by atoms with van der Waals surface area (Å²) in [5.74, 6) is 0. The molecule has 0 spiro atoms. The maximum Gasteiger partial charge on any atom is 0.130 e. The van der Waals surface area contributed by atoms with E-state index in [0.717, 1.165) is 28.5 Å². The summed E-state index contributed by atoms with van der Waals surface area (Å²) in [6.45, 7) is 6.04. The molecule has 3 aromatic rings. The highest BCUT2D eigenvalue weighted by atomic mass is 15.3. The van der Waals surface area contributed by atoms with Gasteiger partial charge in [-0.05, 0) is 45.0 Å². The van der Waals surface area contributed by atoms with Crippen LogP contribution in [0.3, 0.4) is 0 Å². The highest BCUT2D eigenvalue weighted by molar-refractivity contribution is 5.50. The molecule has 1 heterocycles. The first-order chi connectivity index (χ1) is 10.6. The first-order valence-electron chi connectivity index (χ1n) is 7.25. The van der Waals surface area contributed by atoms with Gasteiger partial charge in [-0.1, -0.05) is 35.9 Å². The molecule has 0 saturated heterocycles. The Morgan fingerprint density at radius 2 is 1.50 bits per heavy atom. The lowest BCUT2D eigenvalue weighted by molar-refractivity contribution is 0.833. The van der Waals surface area contributed by atoms with Crippen molar-refractivity contribution in [1.29, 1.82) is 0 Å². The number of benzene rings is 2. The van der Waals surface area contributed by atoms with Gasteiger partial charge in [0.25, 0.3) is 0 Å². The quantitative estimate of drug-likeness (QED) is 0.610. The van der Waals surface area contributed by atoms with Crippen LogP contribution in [0.4, 0.5) is 11.4 Å². The normalized spacial score (nSPS) is 11.2. The standard InChI is InChI=1S/C18H18N4/c1-13-9-11-17(12-10-13)22-15(3)18(14(2)21-22)20-19-16-7-5-4-6-8-16/h4-12H,1-3H3. The number of hydrogen-bond acceptors (Lipinski definition) is 3. The largest absolute Gasteiger partial charge is 0.236 e. The highest BCUT2D eigenvalue weighted by Crippen LogP contribution is 2.27. The fourth-order valence-corrected chi connectivity index (χ4v) is 2.32. The smallest absolute Gasteiger partial charge is 0.130 e. The van der Waals surface area contributed by atoms with Crippen molar-refractivity contribution in [3.63, 3.8) is 0 Å². The van der Waals surface area contributed by atoms with Crippen LogP contribution in [0.5, 0.6) is 0 Å². The zero-order valence-electron chi connectivity index (χ0n) is 13.0. The molecule has 0 aliphatic rings. The molecule has 0 N–H and O–H groups in total. The van der Waals surface area contributed by atoms with Crippen molar-refractivity contribution >= 4 is 11.4 Å². The van der Waals surface area contributed by atoms with Crippen LogP contribution in [0.2, 0.25) is 0 Å². The number of azo groups is 1. The van der Waals surface area contributed by atoms with Gasteiger partial charge in [0.1, 0.15) is 5.69 Å². The molecule has 4 nitrogen and oxygen atoms in total. The van der Waals surface area contributed by atoms with Gasteiger partial charge in [-0.25, -0.2) is 4.68 Å². The van der Waals surface area contributed by atoms with E-state index in [1.807, 2.05) is 48.9 Å². The van der Waals surface area contributed by atoms with Crippen molar-refractivity contribution in [2.75, 3.05) is 0 Å². The molecule has 2 aromatic carbocycles. The van der Waals surface area contributed by atoms with Crippen LogP contribution < -0.4 is 0 Å². The molecule has 3 rings (SSSR count). The molecular formula is C18H18N4. The van der Waals surface area contributed by atoms with Gasteiger partial charge in [0.15, 0.2) is 0 Å². The Morgan fingerprint density at radius 3 is 2.18 bits per heavy atom. The summed E-state index contributed by atoms with van der Waals surface area (Å²) in [5.41, 5.74) is 5.79. The first kappa shape index (κ1) is 14.2. The van der Waals surface area contributed by atoms with Crippen molar-refractivity contribution in [3.8, 4) is 5.69 Å². The molecule has 1 aromatic heterocycles. The summed E-state index contributed by atoms with van der Waals surface area (Å²) >= 11 is 0. The van der Waals surface area contributed by atoms with Gasteiger partial charge in [0.05, 0.1) is 22.8 Å². The monoisotopic (exact) mass is 290 g/mol. The van der Waals surface area contributed by atoms with Gasteiger partial charge in [0, 0.05) is 0 Å². The van der Waals surface area contributed by atoms with Gasteiger partial charge in [-0.2, -0.15) is 10.2 Å². The summed E-state index contributed by atoms with van der Waals surface area (Å²) in [6.07, 6.45) is 0. The fourth-order valence-electron chi connectivity index (χ4n) is 2.32. The Morgan fingerprint density at radius 1 is 0.818 bits per heavy atom. The molecule has 110 valence electrons. The van der Waals surface area contributed by atoms with Crippen molar-refractivity contribution in [2.45, 2.75) is 20.8 Å². The minimum atomic E-state index is 0.824. The van der Waals surface area contributed by atoms with E-state index in [1.165, 1.54) is 5.56 Å². The van der Waals surface area contributed by atoms with Crippen LogP contribution in [0.1, 0.15) is 17.0 Å². The third-order valence-electron chi connectivity index (χ3n) is 3.55. The second kappa shape index (κ2) is 5.93. The molecule has 0 atom stereocenters. The molecule has 0 fully saturated rings. The van der Waals surface area contributed by atoms with Crippen LogP contribution in [-0.2, 0) is 0 Å². The lowest BCUT2D eigenvalue weighted by atomic mass is 10.2. The molecule has 0 unspecified atom stereocenters. The number of aryl methyl sites for hydroxylation is 2. The Kier molecular flexibility index (Phi) is 3.83. The maximum atomic E-state index is 4.59. The molecule has 4 heteroatoms. The van der Waals surface area contributed by atoms with E-state index in [9.17, 15) is 0 Å². The van der Waals surface area contributed by atoms with Gasteiger partial charge in [-0.15, -0.1) is 5.11 Å². The third kappa shape index (κ3) is 2.81. The average molecular weight is 290 g/mol. The predicted molar refractivity (Wildman–Crippen MR) is 88.4 cm³/mol. The van der Waals surface area contributed by atoms with Crippen molar-refractivity contribution < 1.29 is 0 Å². The second-order valence-corrected chi connectivity index (χ2v) is 5.30. The van der Waals surface area contributed by atoms with Crippen LogP contribution >= 0.6 is 0 Å². The third-order valence-corrected chi connectivity index (χ3v) is 3.55. The maximum absolute atomic E-state index is 4.59.